The van der Waals surface area contributed by atoms with Crippen LogP contribution < -0.4 is 4.74 Å². The summed E-state index contributed by atoms with van der Waals surface area (Å²) in [6.45, 7) is 1.82. The maximum atomic E-state index is 12.1. The van der Waals surface area contributed by atoms with Crippen LogP contribution in [0.15, 0.2) is 34.9 Å². The van der Waals surface area contributed by atoms with Crippen LogP contribution in [0.3, 0.4) is 0 Å². The molecule has 0 aliphatic rings. The Labute approximate surface area is 126 Å². The van der Waals surface area contributed by atoms with Gasteiger partial charge < -0.3 is 4.74 Å². The summed E-state index contributed by atoms with van der Waals surface area (Å²) in [7, 11) is 3.42. The van der Waals surface area contributed by atoms with Crippen LogP contribution in [0.25, 0.3) is 6.08 Å². The lowest BCUT2D eigenvalue weighted by Gasteiger charge is -2.03. The van der Waals surface area contributed by atoms with Gasteiger partial charge >= 0.3 is 0 Å². The number of hydrogen-bond acceptors (Lipinski definition) is 3. The van der Waals surface area contributed by atoms with Gasteiger partial charge in [0.25, 0.3) is 0 Å². The lowest BCUT2D eigenvalue weighted by atomic mass is 10.1. The number of carbonyl (C=O) groups excluding carboxylic acids is 1. The van der Waals surface area contributed by atoms with Crippen molar-refractivity contribution in [1.29, 1.82) is 0 Å². The minimum Gasteiger partial charge on any atom is -0.496 e. The molecule has 4 nitrogen and oxygen atoms in total. The maximum absolute atomic E-state index is 12.1. The standard InChI is InChI=1S/C15H15BrN2O2/c1-10-12(9-18(2)17-10)14(19)6-4-11-5-7-15(20-3)13(16)8-11/h4-9H,1-3H3/b6-4-. The molecule has 0 radical (unpaired) electrons. The summed E-state index contributed by atoms with van der Waals surface area (Å²) >= 11 is 3.42. The molecule has 2 rings (SSSR count). The van der Waals surface area contributed by atoms with Crippen molar-refractivity contribution in [1.82, 2.24) is 9.78 Å². The second kappa shape index (κ2) is 6.05. The van der Waals surface area contributed by atoms with Gasteiger partial charge in [0.2, 0.25) is 0 Å². The zero-order valence-electron chi connectivity index (χ0n) is 11.6. The number of aromatic nitrogens is 2. The Morgan fingerprint density at radius 2 is 2.20 bits per heavy atom. The van der Waals surface area contributed by atoms with Gasteiger partial charge in [-0.15, -0.1) is 0 Å². The van der Waals surface area contributed by atoms with Crippen LogP contribution in [0.5, 0.6) is 5.75 Å². The largest absolute Gasteiger partial charge is 0.496 e. The van der Waals surface area contributed by atoms with E-state index in [1.807, 2.05) is 25.1 Å². The van der Waals surface area contributed by atoms with Crippen molar-refractivity contribution in [2.45, 2.75) is 6.92 Å². The Bertz CT molecular complexity index is 675. The van der Waals surface area contributed by atoms with Gasteiger partial charge in [-0.2, -0.15) is 5.10 Å². The number of allylic oxidation sites excluding steroid dienone is 1. The SMILES string of the molecule is COc1ccc(/C=C\C(=O)c2cn(C)nc2C)cc1Br. The van der Waals surface area contributed by atoms with Crippen LogP contribution in [-0.2, 0) is 7.05 Å². The van der Waals surface area contributed by atoms with Crippen molar-refractivity contribution in [3.05, 3.63) is 51.8 Å². The highest BCUT2D eigenvalue weighted by atomic mass is 79.9. The van der Waals surface area contributed by atoms with E-state index in [1.165, 1.54) is 0 Å². The molecule has 0 atom stereocenters. The number of rotatable bonds is 4. The predicted molar refractivity (Wildman–Crippen MR) is 82.0 cm³/mol. The van der Waals surface area contributed by atoms with Gasteiger partial charge in [0.15, 0.2) is 5.78 Å². The van der Waals surface area contributed by atoms with Crippen molar-refractivity contribution in [3.63, 3.8) is 0 Å². The minimum atomic E-state index is -0.0532. The zero-order chi connectivity index (χ0) is 14.7. The summed E-state index contributed by atoms with van der Waals surface area (Å²) in [5.74, 6) is 0.708. The lowest BCUT2D eigenvalue weighted by molar-refractivity contribution is 0.104. The van der Waals surface area contributed by atoms with E-state index in [1.54, 1.807) is 37.2 Å². The molecule has 1 heterocycles. The number of carbonyl (C=O) groups is 1. The Morgan fingerprint density at radius 3 is 2.75 bits per heavy atom. The molecule has 0 spiro atoms. The monoisotopic (exact) mass is 334 g/mol. The van der Waals surface area contributed by atoms with E-state index in [2.05, 4.69) is 21.0 Å². The lowest BCUT2D eigenvalue weighted by Crippen LogP contribution is -1.94. The number of halogens is 1. The topological polar surface area (TPSA) is 44.1 Å². The molecular formula is C15H15BrN2O2. The average molecular weight is 335 g/mol. The second-order valence-corrected chi connectivity index (χ2v) is 5.25. The molecule has 0 unspecified atom stereocenters. The molecule has 0 aliphatic heterocycles. The van der Waals surface area contributed by atoms with Crippen molar-refractivity contribution in [2.75, 3.05) is 7.11 Å². The van der Waals surface area contributed by atoms with Crippen molar-refractivity contribution < 1.29 is 9.53 Å². The highest BCUT2D eigenvalue weighted by Crippen LogP contribution is 2.26. The van der Waals surface area contributed by atoms with Crippen LogP contribution in [-0.4, -0.2) is 22.7 Å². The highest BCUT2D eigenvalue weighted by Gasteiger charge is 2.09. The van der Waals surface area contributed by atoms with Gasteiger partial charge in [-0.05, 0) is 46.6 Å². The van der Waals surface area contributed by atoms with Gasteiger partial charge in [0.05, 0.1) is 22.8 Å². The molecule has 0 fully saturated rings. The Kier molecular flexibility index (Phi) is 4.39. The van der Waals surface area contributed by atoms with Crippen molar-refractivity contribution in [3.8, 4) is 5.75 Å². The first kappa shape index (κ1) is 14.5. The van der Waals surface area contributed by atoms with Crippen LogP contribution in [0.2, 0.25) is 0 Å². The maximum Gasteiger partial charge on any atom is 0.189 e. The molecule has 20 heavy (non-hydrogen) atoms. The summed E-state index contributed by atoms with van der Waals surface area (Å²) in [5.41, 5.74) is 2.28. The first-order valence-electron chi connectivity index (χ1n) is 6.07. The molecule has 0 aliphatic carbocycles. The summed E-state index contributed by atoms with van der Waals surface area (Å²) in [4.78, 5) is 12.1. The number of nitrogens with zero attached hydrogens (tertiary/aromatic N) is 2. The molecule has 5 heteroatoms. The first-order valence-corrected chi connectivity index (χ1v) is 6.86. The van der Waals surface area contributed by atoms with Crippen LogP contribution in [0.4, 0.5) is 0 Å². The van der Waals surface area contributed by atoms with Gasteiger partial charge in [-0.25, -0.2) is 0 Å². The number of ether oxygens (including phenoxy) is 1. The fourth-order valence-corrected chi connectivity index (χ4v) is 2.45. The molecule has 0 saturated heterocycles. The third kappa shape index (κ3) is 3.17. The van der Waals surface area contributed by atoms with E-state index < -0.39 is 0 Å². The fourth-order valence-electron chi connectivity index (χ4n) is 1.89. The first-order chi connectivity index (χ1) is 9.51. The predicted octanol–water partition coefficient (Wildman–Crippen LogP) is 3.40. The van der Waals surface area contributed by atoms with E-state index in [0.29, 0.717) is 5.56 Å². The van der Waals surface area contributed by atoms with E-state index >= 15 is 0 Å². The summed E-state index contributed by atoms with van der Waals surface area (Å²) < 4.78 is 7.66. The average Bonchev–Trinajstić information content (AvgIpc) is 2.75. The summed E-state index contributed by atoms with van der Waals surface area (Å²) in [6, 6.07) is 5.64. The number of benzene rings is 1. The van der Waals surface area contributed by atoms with Crippen molar-refractivity contribution in [2.24, 2.45) is 7.05 Å². The molecule has 0 amide bonds. The van der Waals surface area contributed by atoms with E-state index in [9.17, 15) is 4.79 Å². The smallest absolute Gasteiger partial charge is 0.189 e. The number of methoxy groups -OCH3 is 1. The number of aryl methyl sites for hydroxylation is 2. The molecular weight excluding hydrogens is 320 g/mol. The number of ketones is 1. The Hall–Kier alpha value is -1.88. The molecule has 0 N–H and O–H groups in total. The molecule has 0 saturated carbocycles. The Morgan fingerprint density at radius 1 is 1.45 bits per heavy atom. The van der Waals surface area contributed by atoms with Crippen LogP contribution in [0, 0.1) is 6.92 Å². The van der Waals surface area contributed by atoms with Gasteiger partial charge in [-0.3, -0.25) is 9.48 Å². The van der Waals surface area contributed by atoms with Gasteiger partial charge in [0.1, 0.15) is 5.75 Å². The zero-order valence-corrected chi connectivity index (χ0v) is 13.1. The quantitative estimate of drug-likeness (QED) is 0.635. The molecule has 1 aromatic heterocycles. The summed E-state index contributed by atoms with van der Waals surface area (Å²) in [6.07, 6.45) is 5.06. The third-order valence-electron chi connectivity index (χ3n) is 2.88. The van der Waals surface area contributed by atoms with E-state index in [-0.39, 0.29) is 5.78 Å². The summed E-state index contributed by atoms with van der Waals surface area (Å²) in [5, 5.41) is 4.16. The molecule has 104 valence electrons. The second-order valence-electron chi connectivity index (χ2n) is 4.39. The van der Waals surface area contributed by atoms with Crippen LogP contribution in [0.1, 0.15) is 21.6 Å². The van der Waals surface area contributed by atoms with E-state index in [4.69, 9.17) is 4.74 Å². The normalized spacial score (nSPS) is 11.0. The molecule has 2 aromatic rings. The molecule has 1 aromatic carbocycles. The minimum absolute atomic E-state index is 0.0532. The Balaban J connectivity index is 2.19. The number of hydrogen-bond donors (Lipinski definition) is 0. The van der Waals surface area contributed by atoms with Crippen LogP contribution >= 0.6 is 15.9 Å². The highest BCUT2D eigenvalue weighted by molar-refractivity contribution is 9.10. The molecule has 0 bridgehead atoms. The third-order valence-corrected chi connectivity index (χ3v) is 3.50. The van der Waals surface area contributed by atoms with Gasteiger partial charge in [0, 0.05) is 13.2 Å². The van der Waals surface area contributed by atoms with Crippen molar-refractivity contribution >= 4 is 27.8 Å². The van der Waals surface area contributed by atoms with Gasteiger partial charge in [-0.1, -0.05) is 12.1 Å². The van der Waals surface area contributed by atoms with E-state index in [0.717, 1.165) is 21.5 Å². The fraction of sp³-hybridized carbons (Fsp3) is 0.200.